The molecule has 1 saturated carbocycles. The molecule has 0 aliphatic heterocycles. The minimum absolute atomic E-state index is 0.191. The van der Waals surface area contributed by atoms with E-state index in [1.807, 2.05) is 14.0 Å². The number of ether oxygens (including phenoxy) is 1. The van der Waals surface area contributed by atoms with Crippen molar-refractivity contribution in [2.45, 2.75) is 91.1 Å². The smallest absolute Gasteiger partial charge is 0.103 e. The Morgan fingerprint density at radius 3 is 2.68 bits per heavy atom. The maximum atomic E-state index is 6.00. The van der Waals surface area contributed by atoms with Gasteiger partial charge in [-0.05, 0) is 43.9 Å². The molecule has 3 nitrogen and oxygen atoms in total. The zero-order chi connectivity index (χ0) is 18.3. The first-order valence-corrected chi connectivity index (χ1v) is 10.2. The van der Waals surface area contributed by atoms with Crippen molar-refractivity contribution in [3.8, 4) is 0 Å². The number of imidazole rings is 1. The molecule has 1 aliphatic carbocycles. The van der Waals surface area contributed by atoms with E-state index in [-0.39, 0.29) is 11.5 Å². The molecule has 0 saturated heterocycles. The fraction of sp³-hybridized carbons (Fsp3) is 0.773. The fourth-order valence-electron chi connectivity index (χ4n) is 4.37. The van der Waals surface area contributed by atoms with Crippen LogP contribution < -0.4 is 0 Å². The topological polar surface area (TPSA) is 37.9 Å². The van der Waals surface area contributed by atoms with Crippen molar-refractivity contribution in [2.75, 3.05) is 7.11 Å². The summed E-state index contributed by atoms with van der Waals surface area (Å²) in [5.74, 6) is 1.86. The molecule has 0 aromatic carbocycles. The van der Waals surface area contributed by atoms with Crippen LogP contribution >= 0.6 is 0 Å². The second-order valence-electron chi connectivity index (χ2n) is 8.41. The third-order valence-corrected chi connectivity index (χ3v) is 5.86. The number of allylic oxidation sites excluding steroid dienone is 2. The first-order valence-electron chi connectivity index (χ1n) is 10.2. The van der Waals surface area contributed by atoms with Crippen LogP contribution in [0, 0.1) is 18.3 Å². The lowest BCUT2D eigenvalue weighted by molar-refractivity contribution is -0.0516. The number of hydrogen-bond donors (Lipinski definition) is 1. The van der Waals surface area contributed by atoms with Gasteiger partial charge < -0.3 is 9.72 Å². The molecule has 0 unspecified atom stereocenters. The van der Waals surface area contributed by atoms with Gasteiger partial charge in [-0.15, -0.1) is 0 Å². The lowest BCUT2D eigenvalue weighted by Gasteiger charge is -2.46. The van der Waals surface area contributed by atoms with E-state index >= 15 is 0 Å². The van der Waals surface area contributed by atoms with Gasteiger partial charge in [-0.2, -0.15) is 0 Å². The van der Waals surface area contributed by atoms with Gasteiger partial charge in [0.05, 0.1) is 11.8 Å². The second-order valence-corrected chi connectivity index (χ2v) is 8.41. The molecule has 1 aromatic rings. The number of aryl methyl sites for hydroxylation is 1. The van der Waals surface area contributed by atoms with E-state index in [1.54, 1.807) is 0 Å². The zero-order valence-corrected chi connectivity index (χ0v) is 17.0. The summed E-state index contributed by atoms with van der Waals surface area (Å²) in [5.41, 5.74) is 1.35. The molecule has 3 atom stereocenters. The van der Waals surface area contributed by atoms with Gasteiger partial charge in [-0.1, -0.05) is 58.6 Å². The van der Waals surface area contributed by atoms with E-state index in [9.17, 15) is 0 Å². The van der Waals surface area contributed by atoms with Crippen molar-refractivity contribution >= 4 is 0 Å². The molecule has 1 aliphatic rings. The molecular weight excluding hydrogens is 308 g/mol. The van der Waals surface area contributed by atoms with Gasteiger partial charge in [0.2, 0.25) is 0 Å². The molecule has 3 heteroatoms. The van der Waals surface area contributed by atoms with Crippen molar-refractivity contribution in [1.29, 1.82) is 0 Å². The normalized spacial score (nSPS) is 26.4. The van der Waals surface area contributed by atoms with Crippen LogP contribution in [0.1, 0.15) is 89.6 Å². The number of aromatic nitrogens is 2. The van der Waals surface area contributed by atoms with Gasteiger partial charge in [-0.3, -0.25) is 0 Å². The zero-order valence-electron chi connectivity index (χ0n) is 17.0. The van der Waals surface area contributed by atoms with Crippen LogP contribution in [0.4, 0.5) is 0 Å². The summed E-state index contributed by atoms with van der Waals surface area (Å²) in [4.78, 5) is 8.02. The van der Waals surface area contributed by atoms with Crippen molar-refractivity contribution in [2.24, 2.45) is 11.3 Å². The largest absolute Gasteiger partial charge is 0.380 e. The number of nitrogens with one attached hydrogen (secondary N) is 1. The Kier molecular flexibility index (Phi) is 7.74. The van der Waals surface area contributed by atoms with Crippen LogP contribution in [0.3, 0.4) is 0 Å². The number of unbranched alkanes of at least 4 members (excludes halogenated alkanes) is 5. The maximum absolute atomic E-state index is 6.00. The lowest BCUT2D eigenvalue weighted by atomic mass is 9.64. The Morgan fingerprint density at radius 1 is 1.28 bits per heavy atom. The Morgan fingerprint density at radius 2 is 2.04 bits per heavy atom. The monoisotopic (exact) mass is 346 g/mol. The Balaban J connectivity index is 2.04. The highest BCUT2D eigenvalue weighted by Gasteiger charge is 2.45. The van der Waals surface area contributed by atoms with Gasteiger partial charge in [-0.25, -0.2) is 4.98 Å². The van der Waals surface area contributed by atoms with E-state index in [4.69, 9.17) is 9.72 Å². The third-order valence-electron chi connectivity index (χ3n) is 5.86. The fourth-order valence-corrected chi connectivity index (χ4v) is 4.37. The first-order chi connectivity index (χ1) is 12.0. The summed E-state index contributed by atoms with van der Waals surface area (Å²) in [6.07, 6.45) is 17.5. The molecule has 2 rings (SSSR count). The minimum atomic E-state index is 0.191. The van der Waals surface area contributed by atoms with E-state index in [0.29, 0.717) is 11.8 Å². The number of nitrogens with zero attached hydrogens (tertiary/aromatic N) is 1. The van der Waals surface area contributed by atoms with Gasteiger partial charge in [0.1, 0.15) is 5.82 Å². The average Bonchev–Trinajstić information content (AvgIpc) is 3.00. The highest BCUT2D eigenvalue weighted by Crippen LogP contribution is 2.48. The molecule has 1 heterocycles. The standard InChI is InChI=1S/C22H38N2O/c1-6-7-8-9-10-11-12-13-18-14-15-22(3,4)21(25-5)20(18)19-16-23-17(2)24-19/h12-13,16,18,20-21H,6-11,14-15H2,1-5H3,(H,23,24)/t18-,20-,21-/m1/s1. The molecule has 1 aromatic heterocycles. The molecule has 1 fully saturated rings. The summed E-state index contributed by atoms with van der Waals surface area (Å²) in [7, 11) is 1.86. The molecule has 1 N–H and O–H groups in total. The second kappa shape index (κ2) is 9.56. The molecule has 0 bridgehead atoms. The summed E-state index contributed by atoms with van der Waals surface area (Å²) >= 11 is 0. The van der Waals surface area contributed by atoms with Gasteiger partial charge in [0.15, 0.2) is 0 Å². The van der Waals surface area contributed by atoms with E-state index < -0.39 is 0 Å². The molecular formula is C22H38N2O. The predicted molar refractivity (Wildman–Crippen MR) is 106 cm³/mol. The van der Waals surface area contributed by atoms with E-state index in [1.165, 1.54) is 51.4 Å². The quantitative estimate of drug-likeness (QED) is 0.429. The average molecular weight is 347 g/mol. The molecule has 0 radical (unpaired) electrons. The van der Waals surface area contributed by atoms with E-state index in [2.05, 4.69) is 44.1 Å². The van der Waals surface area contributed by atoms with Crippen molar-refractivity contribution in [1.82, 2.24) is 9.97 Å². The lowest BCUT2D eigenvalue weighted by Crippen LogP contribution is -2.43. The first kappa shape index (κ1) is 20.2. The molecule has 142 valence electrons. The van der Waals surface area contributed by atoms with Gasteiger partial charge in [0, 0.05) is 19.2 Å². The highest BCUT2D eigenvalue weighted by molar-refractivity contribution is 5.18. The van der Waals surface area contributed by atoms with Crippen molar-refractivity contribution in [3.05, 3.63) is 29.9 Å². The molecule has 0 amide bonds. The van der Waals surface area contributed by atoms with Crippen molar-refractivity contribution in [3.63, 3.8) is 0 Å². The third kappa shape index (κ3) is 5.44. The van der Waals surface area contributed by atoms with Gasteiger partial charge in [0.25, 0.3) is 0 Å². The number of rotatable bonds is 9. The predicted octanol–water partition coefficient (Wildman–Crippen LogP) is 6.17. The summed E-state index contributed by atoms with van der Waals surface area (Å²) in [6.45, 7) is 8.97. The number of H-pyrrole nitrogens is 1. The summed E-state index contributed by atoms with van der Waals surface area (Å²) in [5, 5.41) is 0. The SMILES string of the molecule is CCCCCCCC=C[C@@H]1CCC(C)(C)[C@H](OC)[C@H]1c1c[nH]c(C)n1. The van der Waals surface area contributed by atoms with Crippen LogP contribution in [-0.2, 0) is 4.74 Å². The minimum Gasteiger partial charge on any atom is -0.380 e. The van der Waals surface area contributed by atoms with Crippen LogP contribution in [0.2, 0.25) is 0 Å². The number of methoxy groups -OCH3 is 1. The number of hydrogen-bond acceptors (Lipinski definition) is 2. The van der Waals surface area contributed by atoms with E-state index in [0.717, 1.165) is 11.5 Å². The van der Waals surface area contributed by atoms with Crippen LogP contribution in [0.15, 0.2) is 18.3 Å². The molecule has 0 spiro atoms. The van der Waals surface area contributed by atoms with Crippen LogP contribution in [0.25, 0.3) is 0 Å². The van der Waals surface area contributed by atoms with Crippen molar-refractivity contribution < 1.29 is 4.74 Å². The van der Waals surface area contributed by atoms with Crippen LogP contribution in [0.5, 0.6) is 0 Å². The summed E-state index contributed by atoms with van der Waals surface area (Å²) in [6, 6.07) is 0. The maximum Gasteiger partial charge on any atom is 0.103 e. The number of aromatic amines is 1. The Bertz CT molecular complexity index is 532. The Labute approximate surface area is 154 Å². The molecule has 25 heavy (non-hydrogen) atoms. The van der Waals surface area contributed by atoms with Gasteiger partial charge >= 0.3 is 0 Å². The highest BCUT2D eigenvalue weighted by atomic mass is 16.5. The van der Waals surface area contributed by atoms with Crippen LogP contribution in [-0.4, -0.2) is 23.2 Å². The summed E-state index contributed by atoms with van der Waals surface area (Å²) < 4.78 is 6.00. The Hall–Kier alpha value is -1.09.